The third-order valence-corrected chi connectivity index (χ3v) is 10.4. The zero-order valence-electron chi connectivity index (χ0n) is 27.8. The Labute approximate surface area is 300 Å². The van der Waals surface area contributed by atoms with Gasteiger partial charge in [0.2, 0.25) is 5.91 Å². The van der Waals surface area contributed by atoms with Crippen LogP contribution in [0.1, 0.15) is 60.2 Å². The number of tetrazole rings is 1. The van der Waals surface area contributed by atoms with Crippen LogP contribution in [0.5, 0.6) is 0 Å². The molecule has 1 saturated heterocycles. The number of amides is 1. The Kier molecular flexibility index (Phi) is 8.88. The number of halogens is 2. The molecule has 10 nitrogen and oxygen atoms in total. The molecule has 1 fully saturated rings. The summed E-state index contributed by atoms with van der Waals surface area (Å²) in [6, 6.07) is 27.3. The molecule has 12 heteroatoms. The van der Waals surface area contributed by atoms with Crippen molar-refractivity contribution >= 4 is 46.5 Å². The number of hydrogen-bond acceptors (Lipinski definition) is 7. The first-order valence-electron chi connectivity index (χ1n) is 16.5. The van der Waals surface area contributed by atoms with Gasteiger partial charge >= 0.3 is 5.97 Å². The number of aromatic amines is 1. The van der Waals surface area contributed by atoms with Crippen molar-refractivity contribution in [2.24, 2.45) is 5.41 Å². The van der Waals surface area contributed by atoms with E-state index in [0.29, 0.717) is 34.6 Å². The van der Waals surface area contributed by atoms with Gasteiger partial charge in [0.15, 0.2) is 5.82 Å². The van der Waals surface area contributed by atoms with Gasteiger partial charge in [-0.3, -0.25) is 4.79 Å². The number of anilines is 2. The lowest BCUT2D eigenvalue weighted by molar-refractivity contribution is -0.118. The van der Waals surface area contributed by atoms with Gasteiger partial charge in [-0.15, -0.1) is 5.10 Å². The predicted molar refractivity (Wildman–Crippen MR) is 195 cm³/mol. The van der Waals surface area contributed by atoms with E-state index in [9.17, 15) is 14.7 Å². The number of aromatic carboxylic acids is 1. The largest absolute Gasteiger partial charge is 0.478 e. The van der Waals surface area contributed by atoms with Crippen LogP contribution < -0.4 is 15.5 Å². The molecule has 4 aromatic carbocycles. The van der Waals surface area contributed by atoms with Crippen LogP contribution in [-0.4, -0.2) is 56.2 Å². The number of nitrogens with one attached hydrogen (secondary N) is 3. The van der Waals surface area contributed by atoms with Gasteiger partial charge in [0.05, 0.1) is 11.6 Å². The summed E-state index contributed by atoms with van der Waals surface area (Å²) in [6.07, 6.45) is 0.769. The molecule has 0 radical (unpaired) electrons. The number of nitrogens with zero attached hydrogens (tertiary/aromatic N) is 4. The fourth-order valence-corrected chi connectivity index (χ4v) is 8.20. The Hall–Kier alpha value is -4.77. The van der Waals surface area contributed by atoms with Gasteiger partial charge in [0.1, 0.15) is 0 Å². The van der Waals surface area contributed by atoms with Crippen molar-refractivity contribution in [1.29, 1.82) is 0 Å². The highest BCUT2D eigenvalue weighted by Gasteiger charge is 2.62. The fourth-order valence-electron chi connectivity index (χ4n) is 7.77. The number of carboxylic acid groups (broad SMARTS) is 1. The molecule has 0 saturated carbocycles. The minimum Gasteiger partial charge on any atom is -0.478 e. The second-order valence-corrected chi connectivity index (χ2v) is 15.2. The highest BCUT2D eigenvalue weighted by Crippen LogP contribution is 2.58. The Morgan fingerprint density at radius 1 is 1.00 bits per heavy atom. The van der Waals surface area contributed by atoms with Gasteiger partial charge in [-0.05, 0) is 87.5 Å². The third kappa shape index (κ3) is 6.34. The van der Waals surface area contributed by atoms with Crippen molar-refractivity contribution in [1.82, 2.24) is 25.9 Å². The number of carbonyl (C=O) groups is 2. The van der Waals surface area contributed by atoms with Crippen LogP contribution in [-0.2, 0) is 16.8 Å². The molecule has 5 aromatic rings. The van der Waals surface area contributed by atoms with E-state index in [2.05, 4.69) is 81.2 Å². The first-order chi connectivity index (χ1) is 23.9. The number of carboxylic acids is 1. The molecule has 4 N–H and O–H groups in total. The summed E-state index contributed by atoms with van der Waals surface area (Å²) in [6.45, 7) is 7.86. The number of carbonyl (C=O) groups excluding carboxylic acids is 1. The number of aromatic nitrogens is 4. The second kappa shape index (κ2) is 13.2. The molecule has 1 amide bonds. The SMILES string of the molecule is CC(C)(C)C[C@@H]1N[C@@H](C(=O)Nc2ccc(C(=O)O)cc2)[C@H](c2ccccc2Cl)[C@]12CN(Cc1ccc(-c3nnn[nH]3)cc1)c1ccc(Cl)cc12. The summed E-state index contributed by atoms with van der Waals surface area (Å²) in [7, 11) is 0. The number of H-pyrrole nitrogens is 1. The average Bonchev–Trinajstić information content (AvgIpc) is 3.80. The molecule has 2 aliphatic heterocycles. The fraction of sp³-hybridized carbons (Fsp3) is 0.289. The predicted octanol–water partition coefficient (Wildman–Crippen LogP) is 7.33. The summed E-state index contributed by atoms with van der Waals surface area (Å²) < 4.78 is 0. The molecule has 1 spiro atoms. The van der Waals surface area contributed by atoms with E-state index in [4.69, 9.17) is 23.2 Å². The van der Waals surface area contributed by atoms with Crippen molar-refractivity contribution < 1.29 is 14.7 Å². The van der Waals surface area contributed by atoms with Gasteiger partial charge in [-0.25, -0.2) is 9.89 Å². The number of fused-ring (bicyclic) bond motifs is 2. The van der Waals surface area contributed by atoms with Gasteiger partial charge in [-0.2, -0.15) is 0 Å². The quantitative estimate of drug-likeness (QED) is 0.132. The summed E-state index contributed by atoms with van der Waals surface area (Å²) in [5.41, 5.74) is 4.94. The lowest BCUT2D eigenvalue weighted by atomic mass is 9.63. The van der Waals surface area contributed by atoms with Crippen LogP contribution in [0.4, 0.5) is 11.4 Å². The highest BCUT2D eigenvalue weighted by atomic mass is 35.5. The average molecular weight is 711 g/mol. The molecular formula is C38H37Cl2N7O3. The van der Waals surface area contributed by atoms with Gasteiger partial charge in [0, 0.05) is 57.4 Å². The maximum absolute atomic E-state index is 14.5. The second-order valence-electron chi connectivity index (χ2n) is 14.3. The third-order valence-electron chi connectivity index (χ3n) is 9.83. The lowest BCUT2D eigenvalue weighted by Gasteiger charge is -2.40. The Bertz CT molecular complexity index is 2030. The number of hydrogen-bond donors (Lipinski definition) is 4. The van der Waals surface area contributed by atoms with Crippen molar-refractivity contribution in [3.8, 4) is 11.4 Å². The van der Waals surface area contributed by atoms with Gasteiger partial charge in [0.25, 0.3) is 0 Å². The van der Waals surface area contributed by atoms with Crippen LogP contribution in [0.3, 0.4) is 0 Å². The van der Waals surface area contributed by atoms with E-state index < -0.39 is 17.4 Å². The molecule has 1 aromatic heterocycles. The lowest BCUT2D eigenvalue weighted by Crippen LogP contribution is -2.48. The summed E-state index contributed by atoms with van der Waals surface area (Å²) in [5.74, 6) is -1.04. The van der Waals surface area contributed by atoms with E-state index in [0.717, 1.165) is 34.4 Å². The Morgan fingerprint density at radius 3 is 2.40 bits per heavy atom. The van der Waals surface area contributed by atoms with Gasteiger partial charge in [-0.1, -0.05) is 86.4 Å². The summed E-state index contributed by atoms with van der Waals surface area (Å²) >= 11 is 13.8. The maximum atomic E-state index is 14.5. The van der Waals surface area contributed by atoms with Crippen LogP contribution in [0.25, 0.3) is 11.4 Å². The van der Waals surface area contributed by atoms with Gasteiger partial charge < -0.3 is 20.6 Å². The van der Waals surface area contributed by atoms with Crippen LogP contribution in [0, 0.1) is 5.41 Å². The zero-order valence-corrected chi connectivity index (χ0v) is 29.3. The topological polar surface area (TPSA) is 136 Å². The smallest absolute Gasteiger partial charge is 0.335 e. The van der Waals surface area contributed by atoms with Crippen LogP contribution in [0.15, 0.2) is 91.0 Å². The molecule has 50 heavy (non-hydrogen) atoms. The first-order valence-corrected chi connectivity index (χ1v) is 17.2. The molecule has 2 aliphatic rings. The summed E-state index contributed by atoms with van der Waals surface area (Å²) in [4.78, 5) is 28.3. The molecule has 256 valence electrons. The van der Waals surface area contributed by atoms with E-state index in [1.807, 2.05) is 42.5 Å². The molecule has 7 rings (SSSR count). The van der Waals surface area contributed by atoms with E-state index in [1.165, 1.54) is 12.1 Å². The molecule has 0 aliphatic carbocycles. The molecule has 0 bridgehead atoms. The number of benzene rings is 4. The Balaban J connectivity index is 1.33. The van der Waals surface area contributed by atoms with E-state index in [1.54, 1.807) is 12.1 Å². The van der Waals surface area contributed by atoms with Crippen LogP contribution in [0.2, 0.25) is 10.0 Å². The van der Waals surface area contributed by atoms with E-state index >= 15 is 0 Å². The van der Waals surface area contributed by atoms with Crippen molar-refractivity contribution in [3.05, 3.63) is 123 Å². The standard InChI is InChI=1S/C38H37Cl2N7O3/c1-37(2,3)19-31-38(21-47(30-17-14-25(39)18-28(30)38)20-22-8-10-23(11-9-22)34-43-45-46-44-34)32(27-6-4-5-7-29(27)40)33(42-31)35(48)41-26-15-12-24(13-16-26)36(49)50/h4-18,31-33,42H,19-21H2,1-3H3,(H,41,48)(H,49,50)(H,43,44,45,46)/t31-,32-,33+,38-/m0/s1. The molecular weight excluding hydrogens is 673 g/mol. The zero-order chi connectivity index (χ0) is 35.2. The highest BCUT2D eigenvalue weighted by molar-refractivity contribution is 6.31. The Morgan fingerprint density at radius 2 is 1.74 bits per heavy atom. The van der Waals surface area contributed by atoms with E-state index in [-0.39, 0.29) is 28.8 Å². The molecule has 0 unspecified atom stereocenters. The monoisotopic (exact) mass is 709 g/mol. The van der Waals surface area contributed by atoms with Crippen molar-refractivity contribution in [2.75, 3.05) is 16.8 Å². The summed E-state index contributed by atoms with van der Waals surface area (Å²) in [5, 5.41) is 31.7. The molecule has 3 heterocycles. The first kappa shape index (κ1) is 33.7. The minimum atomic E-state index is -1.03. The van der Waals surface area contributed by atoms with Crippen molar-refractivity contribution in [2.45, 2.75) is 57.2 Å². The normalized spacial score (nSPS) is 21.4. The van der Waals surface area contributed by atoms with Crippen molar-refractivity contribution in [3.63, 3.8) is 0 Å². The maximum Gasteiger partial charge on any atom is 0.335 e. The minimum absolute atomic E-state index is 0.0920. The molecule has 4 atom stereocenters. The van der Waals surface area contributed by atoms with Crippen LogP contribution >= 0.6 is 23.2 Å². The number of rotatable bonds is 8.